The highest BCUT2D eigenvalue weighted by Crippen LogP contribution is 2.29. The van der Waals surface area contributed by atoms with Crippen molar-refractivity contribution < 1.29 is 14.5 Å². The lowest BCUT2D eigenvalue weighted by atomic mass is 10.1. The number of carbonyl (C=O) groups is 1. The minimum absolute atomic E-state index is 0.00501. The Morgan fingerprint density at radius 2 is 1.93 bits per heavy atom. The number of hydrogen-bond acceptors (Lipinski definition) is 6. The molecule has 140 valence electrons. The molecule has 0 aromatic heterocycles. The minimum atomic E-state index is -0.503. The quantitative estimate of drug-likeness (QED) is 0.478. The van der Waals surface area contributed by atoms with Gasteiger partial charge < -0.3 is 15.0 Å². The molecule has 1 aliphatic heterocycles. The van der Waals surface area contributed by atoms with Crippen LogP contribution in [-0.4, -0.2) is 43.5 Å². The lowest BCUT2D eigenvalue weighted by molar-refractivity contribution is -0.384. The predicted octanol–water partition coefficient (Wildman–Crippen LogP) is 2.59. The van der Waals surface area contributed by atoms with E-state index < -0.39 is 11.0 Å². The van der Waals surface area contributed by atoms with E-state index in [1.807, 2.05) is 11.0 Å². The summed E-state index contributed by atoms with van der Waals surface area (Å²) in [5.41, 5.74) is 4.02. The van der Waals surface area contributed by atoms with Crippen molar-refractivity contribution in [2.45, 2.75) is 0 Å². The number of amides is 2. The van der Waals surface area contributed by atoms with Crippen LogP contribution in [0.2, 0.25) is 0 Å². The van der Waals surface area contributed by atoms with Crippen LogP contribution in [0.1, 0.15) is 5.56 Å². The molecular weight excluding hydrogens is 350 g/mol. The van der Waals surface area contributed by atoms with Crippen LogP contribution in [0.3, 0.4) is 0 Å². The molecule has 0 saturated carbocycles. The lowest BCUT2D eigenvalue weighted by Gasteiger charge is -2.28. The van der Waals surface area contributed by atoms with Crippen molar-refractivity contribution in [2.24, 2.45) is 5.10 Å². The predicted molar refractivity (Wildman–Crippen MR) is 102 cm³/mol. The molecule has 0 atom stereocenters. The molecule has 3 rings (SSSR count). The molecule has 1 heterocycles. The van der Waals surface area contributed by atoms with Gasteiger partial charge in [0.05, 0.1) is 24.4 Å². The summed E-state index contributed by atoms with van der Waals surface area (Å²) in [5, 5.41) is 17.9. The average molecular weight is 369 g/mol. The smallest absolute Gasteiger partial charge is 0.339 e. The van der Waals surface area contributed by atoms with Crippen molar-refractivity contribution in [3.63, 3.8) is 0 Å². The number of rotatable bonds is 5. The summed E-state index contributed by atoms with van der Waals surface area (Å²) in [7, 11) is 0. The van der Waals surface area contributed by atoms with Gasteiger partial charge in [-0.2, -0.15) is 5.10 Å². The standard InChI is InChI=1S/C18H19N5O4/c24-18(20-15-4-2-1-3-5-15)21-19-13-14-6-7-16(17(12-14)23(25)26)22-8-10-27-11-9-22/h1-7,12-13H,8-11H2,(H2,20,21,24)/b19-13+. The van der Waals surface area contributed by atoms with Crippen LogP contribution in [0, 0.1) is 10.1 Å². The van der Waals surface area contributed by atoms with Gasteiger partial charge in [-0.05, 0) is 18.2 Å². The summed E-state index contributed by atoms with van der Waals surface area (Å²) in [6.45, 7) is 2.30. The van der Waals surface area contributed by atoms with E-state index in [1.54, 1.807) is 36.4 Å². The molecule has 0 radical (unpaired) electrons. The number of nitro benzene ring substituents is 1. The van der Waals surface area contributed by atoms with Gasteiger partial charge in [0.1, 0.15) is 5.69 Å². The topological polar surface area (TPSA) is 109 Å². The van der Waals surface area contributed by atoms with Gasteiger partial charge in [0.2, 0.25) is 0 Å². The summed E-state index contributed by atoms with van der Waals surface area (Å²) in [6, 6.07) is 13.3. The number of hydrogen-bond donors (Lipinski definition) is 2. The Bertz CT molecular complexity index is 835. The van der Waals surface area contributed by atoms with E-state index in [9.17, 15) is 14.9 Å². The summed E-state index contributed by atoms with van der Waals surface area (Å²) in [5.74, 6) is 0. The maximum absolute atomic E-state index is 11.8. The maximum Gasteiger partial charge on any atom is 0.339 e. The van der Waals surface area contributed by atoms with Crippen LogP contribution in [0.5, 0.6) is 0 Å². The molecule has 1 fully saturated rings. The van der Waals surface area contributed by atoms with Gasteiger partial charge in [-0.1, -0.05) is 24.3 Å². The summed E-state index contributed by atoms with van der Waals surface area (Å²) < 4.78 is 5.28. The summed E-state index contributed by atoms with van der Waals surface area (Å²) in [6.07, 6.45) is 1.36. The maximum atomic E-state index is 11.8. The molecule has 1 aliphatic rings. The van der Waals surface area contributed by atoms with E-state index >= 15 is 0 Å². The molecule has 27 heavy (non-hydrogen) atoms. The third-order valence-electron chi connectivity index (χ3n) is 3.96. The van der Waals surface area contributed by atoms with Crippen molar-refractivity contribution in [1.82, 2.24) is 5.43 Å². The molecule has 2 N–H and O–H groups in total. The fourth-order valence-electron chi connectivity index (χ4n) is 2.68. The van der Waals surface area contributed by atoms with Crippen molar-refractivity contribution >= 4 is 29.3 Å². The van der Waals surface area contributed by atoms with Gasteiger partial charge in [-0.25, -0.2) is 10.2 Å². The van der Waals surface area contributed by atoms with Crippen LogP contribution in [-0.2, 0) is 4.74 Å². The van der Waals surface area contributed by atoms with E-state index in [1.165, 1.54) is 12.3 Å². The fourth-order valence-corrected chi connectivity index (χ4v) is 2.68. The van der Waals surface area contributed by atoms with Crippen LogP contribution < -0.4 is 15.6 Å². The van der Waals surface area contributed by atoms with Gasteiger partial charge in [-0.15, -0.1) is 0 Å². The first-order chi connectivity index (χ1) is 13.1. The third-order valence-corrected chi connectivity index (χ3v) is 3.96. The Morgan fingerprint density at radius 1 is 1.19 bits per heavy atom. The van der Waals surface area contributed by atoms with Crippen LogP contribution in [0.15, 0.2) is 53.6 Å². The zero-order valence-electron chi connectivity index (χ0n) is 14.5. The second-order valence-electron chi connectivity index (χ2n) is 5.79. The Labute approximate surface area is 155 Å². The van der Waals surface area contributed by atoms with Crippen LogP contribution in [0.25, 0.3) is 0 Å². The number of hydrazone groups is 1. The van der Waals surface area contributed by atoms with Gasteiger partial charge in [0.15, 0.2) is 0 Å². The zero-order chi connectivity index (χ0) is 19.1. The average Bonchev–Trinajstić information content (AvgIpc) is 2.69. The lowest BCUT2D eigenvalue weighted by Crippen LogP contribution is -2.36. The van der Waals surface area contributed by atoms with Crippen LogP contribution >= 0.6 is 0 Å². The van der Waals surface area contributed by atoms with E-state index in [-0.39, 0.29) is 5.69 Å². The number of benzene rings is 2. The molecule has 2 aromatic carbocycles. The Hall–Kier alpha value is -3.46. The Morgan fingerprint density at radius 3 is 2.63 bits per heavy atom. The zero-order valence-corrected chi connectivity index (χ0v) is 14.5. The molecule has 2 aromatic rings. The number of carbonyl (C=O) groups excluding carboxylic acids is 1. The Balaban J connectivity index is 1.65. The van der Waals surface area contributed by atoms with E-state index in [4.69, 9.17) is 4.74 Å². The monoisotopic (exact) mass is 369 g/mol. The second kappa shape index (κ2) is 8.77. The summed E-state index contributed by atoms with van der Waals surface area (Å²) >= 11 is 0. The molecule has 0 bridgehead atoms. The van der Waals surface area contributed by atoms with Gasteiger partial charge in [-0.3, -0.25) is 10.1 Å². The van der Waals surface area contributed by atoms with Gasteiger partial charge >= 0.3 is 6.03 Å². The largest absolute Gasteiger partial charge is 0.378 e. The number of nitrogens with zero attached hydrogens (tertiary/aromatic N) is 3. The SMILES string of the molecule is O=C(N/N=C/c1ccc(N2CCOCC2)c([N+](=O)[O-])c1)Nc1ccccc1. The van der Waals surface area contributed by atoms with Gasteiger partial charge in [0.25, 0.3) is 5.69 Å². The summed E-state index contributed by atoms with van der Waals surface area (Å²) in [4.78, 5) is 24.7. The van der Waals surface area contributed by atoms with Crippen molar-refractivity contribution in [2.75, 3.05) is 36.5 Å². The highest BCUT2D eigenvalue weighted by atomic mass is 16.6. The number of anilines is 2. The number of nitro groups is 1. The van der Waals surface area contributed by atoms with E-state index in [0.29, 0.717) is 43.2 Å². The van der Waals surface area contributed by atoms with Crippen molar-refractivity contribution in [3.8, 4) is 0 Å². The molecule has 0 aliphatic carbocycles. The number of para-hydroxylation sites is 1. The minimum Gasteiger partial charge on any atom is -0.378 e. The third kappa shape index (κ3) is 5.02. The second-order valence-corrected chi connectivity index (χ2v) is 5.79. The van der Waals surface area contributed by atoms with Crippen LogP contribution in [0.4, 0.5) is 21.9 Å². The number of ether oxygens (including phenoxy) is 1. The molecule has 2 amide bonds. The van der Waals surface area contributed by atoms with Gasteiger partial charge in [0, 0.05) is 30.4 Å². The van der Waals surface area contributed by atoms with E-state index in [2.05, 4.69) is 15.8 Å². The first-order valence-corrected chi connectivity index (χ1v) is 8.40. The molecule has 0 spiro atoms. The molecule has 1 saturated heterocycles. The number of urea groups is 1. The fraction of sp³-hybridized carbons (Fsp3) is 0.222. The first kappa shape index (κ1) is 18.3. The Kier molecular flexibility index (Phi) is 5.95. The number of morpholine rings is 1. The van der Waals surface area contributed by atoms with E-state index in [0.717, 1.165) is 0 Å². The van der Waals surface area contributed by atoms with Crippen molar-refractivity contribution in [3.05, 3.63) is 64.2 Å². The highest BCUT2D eigenvalue weighted by Gasteiger charge is 2.21. The highest BCUT2D eigenvalue weighted by molar-refractivity contribution is 5.90. The molecule has 0 unspecified atom stereocenters. The molecule has 9 heteroatoms. The molecular formula is C18H19N5O4. The van der Waals surface area contributed by atoms with Crippen molar-refractivity contribution in [1.29, 1.82) is 0 Å². The first-order valence-electron chi connectivity index (χ1n) is 8.40. The molecule has 9 nitrogen and oxygen atoms in total. The normalized spacial score (nSPS) is 14.1. The number of nitrogens with one attached hydrogen (secondary N) is 2.